The molecule has 0 aromatic heterocycles. The van der Waals surface area contributed by atoms with E-state index in [1.807, 2.05) is 36.4 Å². The minimum absolute atomic E-state index is 0.0207. The number of benzene rings is 2. The van der Waals surface area contributed by atoms with Gasteiger partial charge in [-0.2, -0.15) is 5.26 Å². The number of amides is 1. The van der Waals surface area contributed by atoms with Gasteiger partial charge < -0.3 is 15.2 Å². The molecule has 0 unspecified atom stereocenters. The average Bonchev–Trinajstić information content (AvgIpc) is 2.60. The highest BCUT2D eigenvalue weighted by Gasteiger charge is 2.09. The Morgan fingerprint density at radius 3 is 2.67 bits per heavy atom. The van der Waals surface area contributed by atoms with Gasteiger partial charge in [-0.05, 0) is 35.8 Å². The third kappa shape index (κ3) is 4.62. The van der Waals surface area contributed by atoms with Crippen LogP contribution in [-0.4, -0.2) is 24.7 Å². The quantitative estimate of drug-likeness (QED) is 0.633. The second kappa shape index (κ2) is 8.39. The van der Waals surface area contributed by atoms with Crippen molar-refractivity contribution in [2.45, 2.75) is 6.42 Å². The molecule has 2 aromatic carbocycles. The van der Waals surface area contributed by atoms with Crippen molar-refractivity contribution in [3.8, 4) is 17.6 Å². The van der Waals surface area contributed by atoms with E-state index < -0.39 is 5.91 Å². The summed E-state index contributed by atoms with van der Waals surface area (Å²) >= 11 is 0. The van der Waals surface area contributed by atoms with Gasteiger partial charge in [0, 0.05) is 6.54 Å². The van der Waals surface area contributed by atoms with E-state index in [2.05, 4.69) is 5.32 Å². The Hall–Kier alpha value is -3.26. The van der Waals surface area contributed by atoms with E-state index in [-0.39, 0.29) is 11.3 Å². The Morgan fingerprint density at radius 1 is 1.29 bits per heavy atom. The Kier molecular flexibility index (Phi) is 5.98. The first-order valence-corrected chi connectivity index (χ1v) is 7.45. The monoisotopic (exact) mass is 322 g/mol. The molecule has 0 atom stereocenters. The topological polar surface area (TPSA) is 82.3 Å². The molecule has 2 rings (SSSR count). The standard InChI is InChI=1S/C19H18N2O3/c1-24-18-8-7-15(12-17(18)22)11-16(13-20)19(23)21-10-9-14-5-3-2-4-6-14/h2-8,11-12,22H,9-10H2,1H3,(H,21,23). The number of ether oxygens (including phenoxy) is 1. The second-order valence-electron chi connectivity index (χ2n) is 5.09. The molecule has 0 aliphatic rings. The zero-order valence-electron chi connectivity index (χ0n) is 13.3. The van der Waals surface area contributed by atoms with Crippen molar-refractivity contribution >= 4 is 12.0 Å². The molecule has 0 spiro atoms. The molecule has 0 bridgehead atoms. The van der Waals surface area contributed by atoms with Gasteiger partial charge in [0.2, 0.25) is 0 Å². The van der Waals surface area contributed by atoms with Gasteiger partial charge in [-0.3, -0.25) is 4.79 Å². The molecule has 0 radical (unpaired) electrons. The van der Waals surface area contributed by atoms with Gasteiger partial charge in [-0.1, -0.05) is 36.4 Å². The number of nitrogens with one attached hydrogen (secondary N) is 1. The number of nitrogens with zero attached hydrogens (tertiary/aromatic N) is 1. The molecular formula is C19H18N2O3. The lowest BCUT2D eigenvalue weighted by Gasteiger charge is -2.06. The number of carbonyl (C=O) groups is 1. The van der Waals surface area contributed by atoms with E-state index in [9.17, 15) is 15.2 Å². The molecule has 1 amide bonds. The van der Waals surface area contributed by atoms with Gasteiger partial charge in [0.15, 0.2) is 11.5 Å². The number of methoxy groups -OCH3 is 1. The number of phenolic OH excluding ortho intramolecular Hbond substituents is 1. The van der Waals surface area contributed by atoms with Crippen LogP contribution in [0.25, 0.3) is 6.08 Å². The summed E-state index contributed by atoms with van der Waals surface area (Å²) in [5, 5.41) is 21.6. The van der Waals surface area contributed by atoms with Gasteiger partial charge in [0.05, 0.1) is 7.11 Å². The maximum absolute atomic E-state index is 12.1. The lowest BCUT2D eigenvalue weighted by molar-refractivity contribution is -0.117. The molecule has 0 saturated heterocycles. The van der Waals surface area contributed by atoms with E-state index in [4.69, 9.17) is 4.74 Å². The molecule has 5 heteroatoms. The van der Waals surface area contributed by atoms with E-state index in [0.717, 1.165) is 5.56 Å². The molecule has 0 fully saturated rings. The Morgan fingerprint density at radius 2 is 2.04 bits per heavy atom. The van der Waals surface area contributed by atoms with Gasteiger partial charge in [0.25, 0.3) is 5.91 Å². The lowest BCUT2D eigenvalue weighted by atomic mass is 10.1. The highest BCUT2D eigenvalue weighted by Crippen LogP contribution is 2.27. The third-order valence-electron chi connectivity index (χ3n) is 3.42. The number of nitriles is 1. The summed E-state index contributed by atoms with van der Waals surface area (Å²) in [6.45, 7) is 0.440. The van der Waals surface area contributed by atoms with Gasteiger partial charge in [-0.25, -0.2) is 0 Å². The van der Waals surface area contributed by atoms with Crippen LogP contribution in [0.5, 0.6) is 11.5 Å². The predicted molar refractivity (Wildman–Crippen MR) is 91.4 cm³/mol. The van der Waals surface area contributed by atoms with Crippen LogP contribution in [0, 0.1) is 11.3 Å². The second-order valence-corrected chi connectivity index (χ2v) is 5.09. The first kappa shape index (κ1) is 17.1. The fourth-order valence-electron chi connectivity index (χ4n) is 2.17. The zero-order valence-corrected chi connectivity index (χ0v) is 13.3. The van der Waals surface area contributed by atoms with Crippen LogP contribution in [0.15, 0.2) is 54.1 Å². The zero-order chi connectivity index (χ0) is 17.4. The molecule has 2 N–H and O–H groups in total. The lowest BCUT2D eigenvalue weighted by Crippen LogP contribution is -2.26. The van der Waals surface area contributed by atoms with E-state index in [1.165, 1.54) is 19.3 Å². The summed E-state index contributed by atoms with van der Waals surface area (Å²) in [6, 6.07) is 16.3. The molecule has 0 aliphatic heterocycles. The molecule has 2 aromatic rings. The minimum atomic E-state index is -0.441. The van der Waals surface area contributed by atoms with Crippen LogP contribution in [0.1, 0.15) is 11.1 Å². The van der Waals surface area contributed by atoms with Crippen molar-refractivity contribution in [3.63, 3.8) is 0 Å². The van der Waals surface area contributed by atoms with Gasteiger partial charge in [-0.15, -0.1) is 0 Å². The van der Waals surface area contributed by atoms with Gasteiger partial charge in [0.1, 0.15) is 11.6 Å². The number of rotatable bonds is 6. The van der Waals surface area contributed by atoms with Gasteiger partial charge >= 0.3 is 0 Å². The molecule has 0 heterocycles. The van der Waals surface area contributed by atoms with Crippen LogP contribution in [-0.2, 0) is 11.2 Å². The first-order valence-electron chi connectivity index (χ1n) is 7.45. The summed E-state index contributed by atoms with van der Waals surface area (Å²) in [7, 11) is 1.45. The minimum Gasteiger partial charge on any atom is -0.504 e. The van der Waals surface area contributed by atoms with Crippen molar-refractivity contribution in [2.24, 2.45) is 0 Å². The first-order chi connectivity index (χ1) is 11.6. The smallest absolute Gasteiger partial charge is 0.261 e. The molecule has 5 nitrogen and oxygen atoms in total. The fraction of sp³-hybridized carbons (Fsp3) is 0.158. The van der Waals surface area contributed by atoms with E-state index in [0.29, 0.717) is 24.3 Å². The fourth-order valence-corrected chi connectivity index (χ4v) is 2.17. The number of hydrogen-bond donors (Lipinski definition) is 2. The largest absolute Gasteiger partial charge is 0.504 e. The van der Waals surface area contributed by atoms with Crippen LogP contribution >= 0.6 is 0 Å². The number of carbonyl (C=O) groups excluding carboxylic acids is 1. The predicted octanol–water partition coefficient (Wildman–Crippen LogP) is 2.67. The average molecular weight is 322 g/mol. The van der Waals surface area contributed by atoms with Crippen LogP contribution in [0.4, 0.5) is 0 Å². The number of aromatic hydroxyl groups is 1. The molecular weight excluding hydrogens is 304 g/mol. The Labute approximate surface area is 140 Å². The van der Waals surface area contributed by atoms with E-state index >= 15 is 0 Å². The SMILES string of the molecule is COc1ccc(C=C(C#N)C(=O)NCCc2ccccc2)cc1O. The molecule has 24 heavy (non-hydrogen) atoms. The highest BCUT2D eigenvalue weighted by molar-refractivity contribution is 6.01. The Bertz CT molecular complexity index is 777. The van der Waals surface area contributed by atoms with Crippen molar-refractivity contribution in [3.05, 3.63) is 65.2 Å². The van der Waals surface area contributed by atoms with Crippen LogP contribution in [0.2, 0.25) is 0 Å². The maximum atomic E-state index is 12.1. The van der Waals surface area contributed by atoms with Crippen molar-refractivity contribution in [1.82, 2.24) is 5.32 Å². The maximum Gasteiger partial charge on any atom is 0.261 e. The van der Waals surface area contributed by atoms with Crippen molar-refractivity contribution in [1.29, 1.82) is 5.26 Å². The van der Waals surface area contributed by atoms with E-state index in [1.54, 1.807) is 12.1 Å². The molecule has 0 aliphatic carbocycles. The summed E-state index contributed by atoms with van der Waals surface area (Å²) in [6.07, 6.45) is 2.12. The summed E-state index contributed by atoms with van der Waals surface area (Å²) in [5.74, 6) is -0.158. The normalized spacial score (nSPS) is 10.8. The van der Waals surface area contributed by atoms with Crippen LogP contribution in [0.3, 0.4) is 0 Å². The number of phenols is 1. The third-order valence-corrected chi connectivity index (χ3v) is 3.42. The van der Waals surface area contributed by atoms with Crippen LogP contribution < -0.4 is 10.1 Å². The summed E-state index contributed by atoms with van der Waals surface area (Å²) in [4.78, 5) is 12.1. The Balaban J connectivity index is 2.00. The highest BCUT2D eigenvalue weighted by atomic mass is 16.5. The summed E-state index contributed by atoms with van der Waals surface area (Å²) in [5.41, 5.74) is 1.64. The van der Waals surface area contributed by atoms with Crippen molar-refractivity contribution < 1.29 is 14.6 Å². The molecule has 0 saturated carbocycles. The number of hydrogen-bond acceptors (Lipinski definition) is 4. The summed E-state index contributed by atoms with van der Waals surface area (Å²) < 4.78 is 4.96. The van der Waals surface area contributed by atoms with Crippen molar-refractivity contribution in [2.75, 3.05) is 13.7 Å². The molecule has 122 valence electrons.